The summed E-state index contributed by atoms with van der Waals surface area (Å²) in [5, 5.41) is 7.51. The molecule has 0 atom stereocenters. The largest absolute Gasteiger partial charge is 0.354 e. The molecule has 5 heteroatoms. The second-order valence-corrected chi connectivity index (χ2v) is 3.87. The predicted octanol–water partition coefficient (Wildman–Crippen LogP) is 1.76. The van der Waals surface area contributed by atoms with Gasteiger partial charge in [-0.25, -0.2) is 0 Å². The van der Waals surface area contributed by atoms with Crippen LogP contribution >= 0.6 is 11.6 Å². The predicted molar refractivity (Wildman–Crippen MR) is 59.9 cm³/mol. The fourth-order valence-electron chi connectivity index (χ4n) is 1.18. The Morgan fingerprint density at radius 1 is 1.67 bits per heavy atom. The van der Waals surface area contributed by atoms with Crippen molar-refractivity contribution in [2.75, 3.05) is 6.54 Å². The third kappa shape index (κ3) is 3.91. The van der Waals surface area contributed by atoms with Crippen LogP contribution in [0.15, 0.2) is 6.20 Å². The van der Waals surface area contributed by atoms with Crippen LogP contribution in [0.1, 0.15) is 25.5 Å². The van der Waals surface area contributed by atoms with Gasteiger partial charge in [-0.15, -0.1) is 0 Å². The summed E-state index contributed by atoms with van der Waals surface area (Å²) in [4.78, 5) is 11.4. The first kappa shape index (κ1) is 12.0. The van der Waals surface area contributed by atoms with Crippen LogP contribution in [0, 0.1) is 6.92 Å². The van der Waals surface area contributed by atoms with Gasteiger partial charge >= 0.3 is 0 Å². The average molecular weight is 230 g/mol. The van der Waals surface area contributed by atoms with Crippen LogP contribution in [0.3, 0.4) is 0 Å². The van der Waals surface area contributed by atoms with E-state index in [1.54, 1.807) is 10.9 Å². The molecule has 1 aromatic heterocycles. The van der Waals surface area contributed by atoms with Gasteiger partial charge in [-0.05, 0) is 13.3 Å². The minimum absolute atomic E-state index is 0.0254. The molecule has 4 nitrogen and oxygen atoms in total. The topological polar surface area (TPSA) is 46.9 Å². The molecular weight excluding hydrogens is 214 g/mol. The highest BCUT2D eigenvalue weighted by Gasteiger charge is 2.05. The van der Waals surface area contributed by atoms with Crippen molar-refractivity contribution in [1.29, 1.82) is 0 Å². The molecule has 0 aliphatic heterocycles. The standard InChI is InChI=1S/C10H16ClN3O/c1-3-4-5-12-10(15)7-14-6-9(11)8(2)13-14/h6H,3-5,7H2,1-2H3,(H,12,15). The van der Waals surface area contributed by atoms with Crippen LogP contribution in [0.25, 0.3) is 0 Å². The van der Waals surface area contributed by atoms with E-state index < -0.39 is 0 Å². The molecule has 0 aromatic carbocycles. The van der Waals surface area contributed by atoms with E-state index in [4.69, 9.17) is 11.6 Å². The smallest absolute Gasteiger partial charge is 0.241 e. The molecule has 1 aromatic rings. The Kier molecular flexibility index (Phi) is 4.62. The number of amides is 1. The van der Waals surface area contributed by atoms with Crippen LogP contribution < -0.4 is 5.32 Å². The lowest BCUT2D eigenvalue weighted by Gasteiger charge is -2.03. The zero-order valence-corrected chi connectivity index (χ0v) is 9.84. The number of aryl methyl sites for hydroxylation is 1. The van der Waals surface area contributed by atoms with E-state index in [9.17, 15) is 4.79 Å². The number of unbranched alkanes of at least 4 members (excludes halogenated alkanes) is 1. The normalized spacial score (nSPS) is 10.3. The van der Waals surface area contributed by atoms with E-state index in [0.29, 0.717) is 5.02 Å². The highest BCUT2D eigenvalue weighted by Crippen LogP contribution is 2.11. The Morgan fingerprint density at radius 2 is 2.40 bits per heavy atom. The lowest BCUT2D eigenvalue weighted by Crippen LogP contribution is -2.28. The molecule has 0 aliphatic carbocycles. The van der Waals surface area contributed by atoms with E-state index in [1.165, 1.54) is 0 Å². The molecule has 0 radical (unpaired) electrons. The minimum atomic E-state index is -0.0254. The Balaban J connectivity index is 2.37. The molecule has 84 valence electrons. The Morgan fingerprint density at radius 3 is 2.93 bits per heavy atom. The summed E-state index contributed by atoms with van der Waals surface area (Å²) >= 11 is 5.82. The van der Waals surface area contributed by atoms with Gasteiger partial charge in [-0.1, -0.05) is 24.9 Å². The van der Waals surface area contributed by atoms with Gasteiger partial charge in [0.1, 0.15) is 6.54 Å². The van der Waals surface area contributed by atoms with E-state index in [2.05, 4.69) is 17.3 Å². The van der Waals surface area contributed by atoms with E-state index in [-0.39, 0.29) is 12.5 Å². The van der Waals surface area contributed by atoms with Crippen LogP contribution in [-0.4, -0.2) is 22.2 Å². The molecule has 0 fully saturated rings. The summed E-state index contributed by atoms with van der Waals surface area (Å²) in [6.45, 7) is 4.86. The molecule has 0 saturated carbocycles. The first-order valence-electron chi connectivity index (χ1n) is 5.09. The zero-order chi connectivity index (χ0) is 11.3. The van der Waals surface area contributed by atoms with Gasteiger partial charge in [-0.2, -0.15) is 5.10 Å². The van der Waals surface area contributed by atoms with Crippen molar-refractivity contribution in [1.82, 2.24) is 15.1 Å². The quantitative estimate of drug-likeness (QED) is 0.783. The fourth-order valence-corrected chi connectivity index (χ4v) is 1.33. The van der Waals surface area contributed by atoms with Gasteiger partial charge in [0.05, 0.1) is 10.7 Å². The average Bonchev–Trinajstić information content (AvgIpc) is 2.46. The number of nitrogens with zero attached hydrogens (tertiary/aromatic N) is 2. The van der Waals surface area contributed by atoms with Gasteiger partial charge in [0.25, 0.3) is 0 Å². The van der Waals surface area contributed by atoms with Gasteiger partial charge in [0, 0.05) is 12.7 Å². The number of nitrogens with one attached hydrogen (secondary N) is 1. The summed E-state index contributed by atoms with van der Waals surface area (Å²) in [5.74, 6) is -0.0254. The van der Waals surface area contributed by atoms with Crippen molar-refractivity contribution < 1.29 is 4.79 Å². The molecule has 0 unspecified atom stereocenters. The Hall–Kier alpha value is -1.03. The van der Waals surface area contributed by atoms with Crippen molar-refractivity contribution in [3.8, 4) is 0 Å². The summed E-state index contributed by atoms with van der Waals surface area (Å²) in [7, 11) is 0. The first-order valence-corrected chi connectivity index (χ1v) is 5.47. The molecule has 1 heterocycles. The number of hydrogen-bond acceptors (Lipinski definition) is 2. The van der Waals surface area contributed by atoms with Crippen LogP contribution in [0.2, 0.25) is 5.02 Å². The van der Waals surface area contributed by atoms with Crippen LogP contribution in [0.5, 0.6) is 0 Å². The van der Waals surface area contributed by atoms with Crippen molar-refractivity contribution in [2.24, 2.45) is 0 Å². The van der Waals surface area contributed by atoms with Gasteiger partial charge < -0.3 is 5.32 Å². The Labute approximate surface area is 94.6 Å². The van der Waals surface area contributed by atoms with Crippen LogP contribution in [-0.2, 0) is 11.3 Å². The van der Waals surface area contributed by atoms with Crippen molar-refractivity contribution >= 4 is 17.5 Å². The summed E-state index contributed by atoms with van der Waals surface area (Å²) < 4.78 is 1.55. The molecule has 0 bridgehead atoms. The van der Waals surface area contributed by atoms with Gasteiger partial charge in [-0.3, -0.25) is 9.48 Å². The number of carbonyl (C=O) groups excluding carboxylic acids is 1. The molecule has 0 aliphatic rings. The summed E-state index contributed by atoms with van der Waals surface area (Å²) in [6, 6.07) is 0. The number of aromatic nitrogens is 2. The molecule has 15 heavy (non-hydrogen) atoms. The molecular formula is C10H16ClN3O. The fraction of sp³-hybridized carbons (Fsp3) is 0.600. The summed E-state index contributed by atoms with van der Waals surface area (Å²) in [6.07, 6.45) is 3.74. The maximum absolute atomic E-state index is 11.4. The van der Waals surface area contributed by atoms with Gasteiger partial charge in [0.2, 0.25) is 5.91 Å². The Bertz CT molecular complexity index is 316. The first-order chi connectivity index (χ1) is 7.13. The van der Waals surface area contributed by atoms with Crippen molar-refractivity contribution in [3.05, 3.63) is 16.9 Å². The van der Waals surface area contributed by atoms with E-state index >= 15 is 0 Å². The lowest BCUT2D eigenvalue weighted by atomic mass is 10.3. The third-order valence-corrected chi connectivity index (χ3v) is 2.42. The number of hydrogen-bond donors (Lipinski definition) is 1. The van der Waals surface area contributed by atoms with Crippen LogP contribution in [0.4, 0.5) is 0 Å². The number of halogens is 1. The number of carbonyl (C=O) groups is 1. The maximum atomic E-state index is 11.4. The zero-order valence-electron chi connectivity index (χ0n) is 9.09. The highest BCUT2D eigenvalue weighted by atomic mass is 35.5. The SMILES string of the molecule is CCCCNC(=O)Cn1cc(Cl)c(C)n1. The van der Waals surface area contributed by atoms with Crippen molar-refractivity contribution in [3.63, 3.8) is 0 Å². The van der Waals surface area contributed by atoms with Gasteiger partial charge in [0.15, 0.2) is 0 Å². The third-order valence-electron chi connectivity index (χ3n) is 2.04. The number of rotatable bonds is 5. The summed E-state index contributed by atoms with van der Waals surface area (Å²) in [5.41, 5.74) is 0.748. The molecule has 1 N–H and O–H groups in total. The molecule has 0 spiro atoms. The minimum Gasteiger partial charge on any atom is -0.354 e. The van der Waals surface area contributed by atoms with Crippen molar-refractivity contribution in [2.45, 2.75) is 33.2 Å². The lowest BCUT2D eigenvalue weighted by molar-refractivity contribution is -0.121. The monoisotopic (exact) mass is 229 g/mol. The molecule has 1 amide bonds. The molecule has 1 rings (SSSR count). The maximum Gasteiger partial charge on any atom is 0.241 e. The van der Waals surface area contributed by atoms with E-state index in [0.717, 1.165) is 25.1 Å². The second-order valence-electron chi connectivity index (χ2n) is 3.46. The van der Waals surface area contributed by atoms with E-state index in [1.807, 2.05) is 6.92 Å². The molecule has 0 saturated heterocycles. The highest BCUT2D eigenvalue weighted by molar-refractivity contribution is 6.31. The second kappa shape index (κ2) is 5.75.